The largest absolute Gasteiger partial charge is 0.464 e. The van der Waals surface area contributed by atoms with Gasteiger partial charge in [0, 0.05) is 6.92 Å². The van der Waals surface area contributed by atoms with Gasteiger partial charge in [-0.1, -0.05) is 13.8 Å². The van der Waals surface area contributed by atoms with E-state index in [1.54, 1.807) is 6.92 Å². The molecule has 0 aromatic heterocycles. The molecule has 0 unspecified atom stereocenters. The second-order valence-corrected chi connectivity index (χ2v) is 3.17. The van der Waals surface area contributed by atoms with E-state index >= 15 is 0 Å². The van der Waals surface area contributed by atoms with Crippen LogP contribution in [0.5, 0.6) is 0 Å². The van der Waals surface area contributed by atoms with Crippen molar-refractivity contribution in [2.24, 2.45) is 5.92 Å². The number of nitrogens with one attached hydrogen (secondary N) is 1. The lowest BCUT2D eigenvalue weighted by Gasteiger charge is -2.19. The van der Waals surface area contributed by atoms with Crippen molar-refractivity contribution in [3.63, 3.8) is 0 Å². The van der Waals surface area contributed by atoms with Crippen molar-refractivity contribution in [2.45, 2.75) is 33.7 Å². The van der Waals surface area contributed by atoms with E-state index in [0.29, 0.717) is 6.61 Å². The molecule has 0 aliphatic heterocycles. The highest BCUT2D eigenvalue weighted by atomic mass is 16.5. The van der Waals surface area contributed by atoms with Crippen LogP contribution in [0, 0.1) is 5.92 Å². The summed E-state index contributed by atoms with van der Waals surface area (Å²) in [6, 6.07) is -0.530. The van der Waals surface area contributed by atoms with Crippen molar-refractivity contribution in [3.8, 4) is 0 Å². The van der Waals surface area contributed by atoms with E-state index in [0.717, 1.165) is 0 Å². The summed E-state index contributed by atoms with van der Waals surface area (Å²) in [5.41, 5.74) is 0. The fourth-order valence-corrected chi connectivity index (χ4v) is 0.949. The summed E-state index contributed by atoms with van der Waals surface area (Å²) >= 11 is 0. The van der Waals surface area contributed by atoms with Crippen molar-refractivity contribution >= 4 is 11.9 Å². The predicted octanol–water partition coefficient (Wildman–Crippen LogP) is 0.710. The van der Waals surface area contributed by atoms with Crippen LogP contribution < -0.4 is 5.32 Å². The molecule has 0 saturated carbocycles. The van der Waals surface area contributed by atoms with E-state index in [1.165, 1.54) is 6.92 Å². The van der Waals surface area contributed by atoms with E-state index in [4.69, 9.17) is 4.74 Å². The second kappa shape index (κ2) is 5.56. The molecule has 0 fully saturated rings. The topological polar surface area (TPSA) is 55.4 Å². The maximum atomic E-state index is 11.3. The second-order valence-electron chi connectivity index (χ2n) is 3.17. The summed E-state index contributed by atoms with van der Waals surface area (Å²) in [7, 11) is 0. The van der Waals surface area contributed by atoms with Crippen LogP contribution in [0.25, 0.3) is 0 Å². The van der Waals surface area contributed by atoms with Crippen LogP contribution in [-0.4, -0.2) is 24.5 Å². The Balaban J connectivity index is 4.24. The Bertz CT molecular complexity index is 189. The minimum atomic E-state index is -0.530. The third-order valence-corrected chi connectivity index (χ3v) is 1.57. The van der Waals surface area contributed by atoms with Gasteiger partial charge in [-0.05, 0) is 12.8 Å². The lowest BCUT2D eigenvalue weighted by molar-refractivity contribution is -0.148. The molecule has 0 radical (unpaired) electrons. The molecule has 0 aliphatic rings. The Morgan fingerprint density at radius 3 is 2.23 bits per heavy atom. The van der Waals surface area contributed by atoms with Gasteiger partial charge in [0.1, 0.15) is 6.04 Å². The number of carbonyl (C=O) groups is 2. The molecule has 1 N–H and O–H groups in total. The zero-order valence-electron chi connectivity index (χ0n) is 8.59. The van der Waals surface area contributed by atoms with Crippen molar-refractivity contribution in [1.29, 1.82) is 0 Å². The minimum absolute atomic E-state index is 0.0444. The third-order valence-electron chi connectivity index (χ3n) is 1.57. The molecular formula is C9H17NO3. The Morgan fingerprint density at radius 1 is 1.38 bits per heavy atom. The van der Waals surface area contributed by atoms with Gasteiger partial charge in [0.05, 0.1) is 6.61 Å². The maximum Gasteiger partial charge on any atom is 0.328 e. The molecule has 0 spiro atoms. The van der Waals surface area contributed by atoms with Crippen LogP contribution in [0.3, 0.4) is 0 Å². The molecule has 1 amide bonds. The van der Waals surface area contributed by atoms with Gasteiger partial charge in [-0.25, -0.2) is 4.79 Å². The summed E-state index contributed by atoms with van der Waals surface area (Å²) in [6.07, 6.45) is 0. The van der Waals surface area contributed by atoms with E-state index < -0.39 is 6.04 Å². The molecule has 0 rings (SSSR count). The molecule has 1 atom stereocenters. The molecule has 0 aromatic carbocycles. The van der Waals surface area contributed by atoms with Crippen LogP contribution in [-0.2, 0) is 14.3 Å². The zero-order chi connectivity index (χ0) is 10.4. The first-order chi connectivity index (χ1) is 5.99. The first-order valence-corrected chi connectivity index (χ1v) is 4.42. The Kier molecular flexibility index (Phi) is 5.11. The summed E-state index contributed by atoms with van der Waals surface area (Å²) in [6.45, 7) is 7.17. The number of amides is 1. The number of hydrogen-bond donors (Lipinski definition) is 1. The predicted molar refractivity (Wildman–Crippen MR) is 49.1 cm³/mol. The first kappa shape index (κ1) is 11.9. The number of carbonyl (C=O) groups excluding carboxylic acids is 2. The molecule has 0 bridgehead atoms. The van der Waals surface area contributed by atoms with E-state index in [-0.39, 0.29) is 17.8 Å². The SMILES string of the molecule is CCOC(=O)[C@H](NC(C)=O)C(C)C. The number of ether oxygens (including phenoxy) is 1. The summed E-state index contributed by atoms with van der Waals surface area (Å²) < 4.78 is 4.81. The molecular weight excluding hydrogens is 170 g/mol. The number of esters is 1. The van der Waals surface area contributed by atoms with Crippen LogP contribution >= 0.6 is 0 Å². The molecule has 0 aliphatic carbocycles. The van der Waals surface area contributed by atoms with E-state index in [1.807, 2.05) is 13.8 Å². The average Bonchev–Trinajstić information content (AvgIpc) is 1.99. The van der Waals surface area contributed by atoms with E-state index in [2.05, 4.69) is 5.32 Å². The Hall–Kier alpha value is -1.06. The first-order valence-electron chi connectivity index (χ1n) is 4.42. The lowest BCUT2D eigenvalue weighted by atomic mass is 10.0. The Labute approximate surface area is 78.6 Å². The highest BCUT2D eigenvalue weighted by Gasteiger charge is 2.23. The van der Waals surface area contributed by atoms with Gasteiger partial charge in [0.25, 0.3) is 0 Å². The average molecular weight is 187 g/mol. The van der Waals surface area contributed by atoms with Crippen LogP contribution in [0.2, 0.25) is 0 Å². The summed E-state index contributed by atoms with van der Waals surface area (Å²) in [5.74, 6) is -0.539. The third kappa shape index (κ3) is 4.50. The van der Waals surface area contributed by atoms with Crippen LogP contribution in [0.15, 0.2) is 0 Å². The summed E-state index contributed by atoms with van der Waals surface area (Å²) in [5, 5.41) is 2.55. The van der Waals surface area contributed by atoms with Crippen molar-refractivity contribution < 1.29 is 14.3 Å². The van der Waals surface area contributed by atoms with Gasteiger partial charge in [-0.15, -0.1) is 0 Å². The fraction of sp³-hybridized carbons (Fsp3) is 0.778. The number of rotatable bonds is 4. The zero-order valence-corrected chi connectivity index (χ0v) is 8.59. The smallest absolute Gasteiger partial charge is 0.328 e. The highest BCUT2D eigenvalue weighted by Crippen LogP contribution is 2.03. The molecule has 0 heterocycles. The monoisotopic (exact) mass is 187 g/mol. The molecule has 76 valence electrons. The maximum absolute atomic E-state index is 11.3. The quantitative estimate of drug-likeness (QED) is 0.659. The normalized spacial score (nSPS) is 12.4. The number of hydrogen-bond acceptors (Lipinski definition) is 3. The van der Waals surface area contributed by atoms with Crippen molar-refractivity contribution in [3.05, 3.63) is 0 Å². The molecule has 4 nitrogen and oxygen atoms in total. The standard InChI is InChI=1S/C9H17NO3/c1-5-13-9(12)8(6(2)3)10-7(4)11/h6,8H,5H2,1-4H3,(H,10,11)/t8-/m1/s1. The van der Waals surface area contributed by atoms with Crippen molar-refractivity contribution in [1.82, 2.24) is 5.32 Å². The van der Waals surface area contributed by atoms with Gasteiger partial charge >= 0.3 is 5.97 Å². The van der Waals surface area contributed by atoms with Gasteiger partial charge < -0.3 is 10.1 Å². The molecule has 4 heteroatoms. The van der Waals surface area contributed by atoms with Gasteiger partial charge in [0.2, 0.25) is 5.91 Å². The van der Waals surface area contributed by atoms with Crippen LogP contribution in [0.4, 0.5) is 0 Å². The van der Waals surface area contributed by atoms with E-state index in [9.17, 15) is 9.59 Å². The fourth-order valence-electron chi connectivity index (χ4n) is 0.949. The molecule has 0 aromatic rings. The lowest BCUT2D eigenvalue weighted by Crippen LogP contribution is -2.44. The molecule has 0 saturated heterocycles. The van der Waals surface area contributed by atoms with Gasteiger partial charge in [0.15, 0.2) is 0 Å². The molecule has 13 heavy (non-hydrogen) atoms. The Morgan fingerprint density at radius 2 is 1.92 bits per heavy atom. The highest BCUT2D eigenvalue weighted by molar-refractivity contribution is 5.83. The van der Waals surface area contributed by atoms with Gasteiger partial charge in [-0.2, -0.15) is 0 Å². The van der Waals surface area contributed by atoms with Crippen LogP contribution in [0.1, 0.15) is 27.7 Å². The van der Waals surface area contributed by atoms with Gasteiger partial charge in [-0.3, -0.25) is 4.79 Å². The summed E-state index contributed by atoms with van der Waals surface area (Å²) in [4.78, 5) is 22.0. The van der Waals surface area contributed by atoms with Crippen molar-refractivity contribution in [2.75, 3.05) is 6.61 Å². The minimum Gasteiger partial charge on any atom is -0.464 e.